The van der Waals surface area contributed by atoms with Gasteiger partial charge in [0.05, 0.1) is 0 Å². The van der Waals surface area contributed by atoms with Gasteiger partial charge in [0.2, 0.25) is 0 Å². The maximum absolute atomic E-state index is 12.9. The summed E-state index contributed by atoms with van der Waals surface area (Å²) in [5.74, 6) is 10.9. The van der Waals surface area contributed by atoms with Gasteiger partial charge in [-0.25, -0.2) is 0 Å². The molecular weight excluding hydrogens is 698 g/mol. The molecular formula is C26H39N5O12P4. The number of hydrogen-bond donors (Lipinski definition) is 8. The van der Waals surface area contributed by atoms with Gasteiger partial charge in [0.1, 0.15) is 0 Å². The van der Waals surface area contributed by atoms with E-state index in [0.717, 1.165) is 12.8 Å². The Hall–Kier alpha value is -2.18. The number of fused-ring (bicyclic) bond motifs is 1. The predicted octanol–water partition coefficient (Wildman–Crippen LogP) is 1.78. The summed E-state index contributed by atoms with van der Waals surface area (Å²) in [6.07, 6.45) is 13.0. The molecule has 0 aliphatic carbocycles. The van der Waals surface area contributed by atoms with Crippen molar-refractivity contribution in [1.29, 1.82) is 0 Å². The number of rotatable bonds is 16. The topological polar surface area (TPSA) is 261 Å². The van der Waals surface area contributed by atoms with E-state index in [4.69, 9.17) is 41.9 Å². The minimum atomic E-state index is -5.56. The summed E-state index contributed by atoms with van der Waals surface area (Å²) in [4.78, 5) is 58.6. The molecule has 260 valence electrons. The summed E-state index contributed by atoms with van der Waals surface area (Å²) in [5.41, 5.74) is 5.43. The van der Waals surface area contributed by atoms with Gasteiger partial charge in [0.15, 0.2) is 0 Å². The van der Waals surface area contributed by atoms with Crippen molar-refractivity contribution in [2.75, 3.05) is 18.9 Å². The Morgan fingerprint density at radius 1 is 1.19 bits per heavy atom. The van der Waals surface area contributed by atoms with E-state index in [2.05, 4.69) is 52.3 Å². The van der Waals surface area contributed by atoms with Crippen LogP contribution in [0.3, 0.4) is 0 Å². The summed E-state index contributed by atoms with van der Waals surface area (Å²) in [6, 6.07) is 0. The molecule has 21 heteroatoms. The second-order valence-electron chi connectivity index (χ2n) is 10.4. The molecule has 9 N–H and O–H groups in total. The number of ether oxygens (including phenoxy) is 1. The van der Waals surface area contributed by atoms with Crippen molar-refractivity contribution >= 4 is 50.0 Å². The zero-order chi connectivity index (χ0) is 34.8. The molecule has 2 aromatic rings. The molecule has 0 aromatic carbocycles. The third kappa shape index (κ3) is 12.0. The third-order valence-electron chi connectivity index (χ3n) is 6.68. The number of nitrogen functional groups attached to an aromatic ring is 1. The van der Waals surface area contributed by atoms with Gasteiger partial charge in [0, 0.05) is 6.42 Å². The van der Waals surface area contributed by atoms with Crippen LogP contribution in [0.1, 0.15) is 63.2 Å². The minimum absolute atomic E-state index is 0.129. The summed E-state index contributed by atoms with van der Waals surface area (Å²) in [5, 5.41) is 13.5. The number of hydrogen-bond acceptors (Lipinski definition) is 12. The van der Waals surface area contributed by atoms with Crippen molar-refractivity contribution < 1.29 is 51.7 Å². The number of aromatic nitrogens is 3. The Balaban J connectivity index is 1.86. The molecule has 1 fully saturated rings. The van der Waals surface area contributed by atoms with E-state index in [1.165, 1.54) is 0 Å². The summed E-state index contributed by atoms with van der Waals surface area (Å²) >= 11 is 0. The standard InChI is InChI=1S/C26H39N5O12P4/c1-3-5-7-9-10-11-13-18-17-31(23-22(18)24(33)30-26(27)29-23)25-21(44)15-19(32)20(41-25)16-28-45(34,40-14-12-8-6-4-2)42-47(38,39)43-46(35,36)37/h1-2,17,19-21,25,28,32,34,45H,5-10,12,14-16,44H2,(H,38,39)(H2,35,36,37)(H3,27,29,30,33)/t19-,20-,21?,25-/m1/s1. The fraction of sp³-hybridized carbons (Fsp3) is 0.538. The van der Waals surface area contributed by atoms with Crippen LogP contribution in [0.25, 0.3) is 11.0 Å². The van der Waals surface area contributed by atoms with Gasteiger partial charge in [0.25, 0.3) is 0 Å². The number of phosphoric acid groups is 2. The zero-order valence-electron chi connectivity index (χ0n) is 25.1. The number of nitrogens with zero attached hydrogens (tertiary/aromatic N) is 2. The van der Waals surface area contributed by atoms with Crippen molar-refractivity contribution in [2.24, 2.45) is 0 Å². The summed E-state index contributed by atoms with van der Waals surface area (Å²) < 4.78 is 45.1. The predicted molar refractivity (Wildman–Crippen MR) is 178 cm³/mol. The number of unbranched alkanes of at least 4 members (excludes halogenated alkanes) is 5. The molecule has 6 atom stereocenters. The fourth-order valence-electron chi connectivity index (χ4n) is 4.62. The van der Waals surface area contributed by atoms with E-state index in [-0.39, 0.29) is 30.0 Å². The summed E-state index contributed by atoms with van der Waals surface area (Å²) in [7, 11) is -13.5. The Bertz CT molecular complexity index is 1690. The van der Waals surface area contributed by atoms with Crippen molar-refractivity contribution in [3.8, 4) is 36.5 Å². The average Bonchev–Trinajstić information content (AvgIpc) is 3.31. The second kappa shape index (κ2) is 17.5. The van der Waals surface area contributed by atoms with Crippen LogP contribution in [0.4, 0.5) is 5.95 Å². The number of aliphatic hydroxyl groups excluding tert-OH is 1. The van der Waals surface area contributed by atoms with E-state index < -0.39 is 59.9 Å². The molecule has 1 aliphatic rings. The normalized spacial score (nSPS) is 21.7. The van der Waals surface area contributed by atoms with Crippen LogP contribution in [-0.4, -0.2) is 70.2 Å². The van der Waals surface area contributed by atoms with Gasteiger partial charge in [-0.2, -0.15) is 0 Å². The molecule has 47 heavy (non-hydrogen) atoms. The number of terminal acetylenes is 2. The van der Waals surface area contributed by atoms with E-state index in [0.29, 0.717) is 37.7 Å². The first-order chi connectivity index (χ1) is 22.1. The molecule has 3 rings (SSSR count). The first kappa shape index (κ1) is 39.3. The van der Waals surface area contributed by atoms with Gasteiger partial charge in [-0.3, -0.25) is 0 Å². The van der Waals surface area contributed by atoms with Crippen LogP contribution in [0.15, 0.2) is 11.0 Å². The number of anilines is 1. The molecule has 0 spiro atoms. The monoisotopic (exact) mass is 737 g/mol. The Morgan fingerprint density at radius 2 is 1.85 bits per heavy atom. The van der Waals surface area contributed by atoms with E-state index in [1.807, 2.05) is 0 Å². The van der Waals surface area contributed by atoms with Gasteiger partial charge < -0.3 is 0 Å². The van der Waals surface area contributed by atoms with Gasteiger partial charge >= 0.3 is 249 Å². The van der Waals surface area contributed by atoms with Gasteiger partial charge in [-0.1, -0.05) is 0 Å². The molecule has 0 bridgehead atoms. The van der Waals surface area contributed by atoms with Crippen molar-refractivity contribution in [2.45, 2.75) is 75.5 Å². The van der Waals surface area contributed by atoms with Crippen LogP contribution < -0.4 is 16.4 Å². The molecule has 0 radical (unpaired) electrons. The molecule has 0 amide bonds. The Labute approximate surface area is 274 Å². The Morgan fingerprint density at radius 3 is 2.51 bits per heavy atom. The van der Waals surface area contributed by atoms with E-state index in [1.54, 1.807) is 10.8 Å². The average molecular weight is 738 g/mol. The number of aromatic amines is 1. The van der Waals surface area contributed by atoms with Crippen LogP contribution >= 0.6 is 33.0 Å². The number of nitrogens with one attached hydrogen (secondary N) is 2. The maximum atomic E-state index is 12.9. The number of aliphatic hydroxyl groups is 1. The van der Waals surface area contributed by atoms with Crippen LogP contribution in [0.2, 0.25) is 0 Å². The van der Waals surface area contributed by atoms with Crippen LogP contribution in [0.5, 0.6) is 0 Å². The van der Waals surface area contributed by atoms with Crippen LogP contribution in [-0.2, 0) is 27.0 Å². The van der Waals surface area contributed by atoms with Gasteiger partial charge in [-0.05, 0) is 6.42 Å². The summed E-state index contributed by atoms with van der Waals surface area (Å²) in [6.45, 7) is -0.653. The first-order valence-electron chi connectivity index (χ1n) is 14.3. The van der Waals surface area contributed by atoms with E-state index in [9.17, 15) is 28.8 Å². The Kier molecular flexibility index (Phi) is 14.6. The van der Waals surface area contributed by atoms with Crippen molar-refractivity contribution in [3.05, 3.63) is 22.1 Å². The number of nitrogens with two attached hydrogens (primary N) is 1. The SMILES string of the molecule is C#CCCCCC#Cc1cn([C@@H]2O[C@H](CN[PH](O)(OCCCCC#C)OP(=O)(O)OP(=O)(O)O)[C@H](O)CC2P)c2nc(N)[nH]c(=O)c12. The molecule has 1 saturated heterocycles. The van der Waals surface area contributed by atoms with Gasteiger partial charge in [-0.15, -0.1) is 12.3 Å². The number of H-pyrrole nitrogens is 1. The quantitative estimate of drug-likeness (QED) is 0.0694. The molecule has 3 unspecified atom stereocenters. The molecule has 2 aromatic heterocycles. The van der Waals surface area contributed by atoms with Crippen LogP contribution in [0, 0.1) is 36.5 Å². The fourth-order valence-corrected chi connectivity index (χ4v) is 9.39. The van der Waals surface area contributed by atoms with Crippen molar-refractivity contribution in [3.63, 3.8) is 0 Å². The molecule has 3 heterocycles. The van der Waals surface area contributed by atoms with Crippen molar-refractivity contribution in [1.82, 2.24) is 19.6 Å². The molecule has 17 nitrogen and oxygen atoms in total. The molecule has 0 saturated carbocycles. The zero-order valence-corrected chi connectivity index (χ0v) is 29.1. The molecule has 1 aliphatic heterocycles. The van der Waals surface area contributed by atoms with E-state index >= 15 is 0 Å². The third-order valence-corrected chi connectivity index (χ3v) is 12.1. The second-order valence-corrected chi connectivity index (χ2v) is 16.4. The first-order valence-corrected chi connectivity index (χ1v) is 19.8.